The molecular weight excluding hydrogens is 450 g/mol. The van der Waals surface area contributed by atoms with E-state index in [0.29, 0.717) is 16.9 Å². The van der Waals surface area contributed by atoms with Crippen LogP contribution in [0.3, 0.4) is 0 Å². The lowest BCUT2D eigenvalue weighted by molar-refractivity contribution is -0.120. The highest BCUT2D eigenvalue weighted by molar-refractivity contribution is 6.16. The molecule has 3 amide bonds. The number of carbonyl (C=O) groups is 2. The van der Waals surface area contributed by atoms with Gasteiger partial charge < -0.3 is 4.90 Å². The molecule has 180 valence electrons. The molecule has 6 nitrogen and oxygen atoms in total. The summed E-state index contributed by atoms with van der Waals surface area (Å²) in [6.07, 6.45) is 3.93. The molecule has 1 saturated heterocycles. The summed E-state index contributed by atoms with van der Waals surface area (Å²) in [6, 6.07) is 12.0. The van der Waals surface area contributed by atoms with Crippen LogP contribution >= 0.6 is 0 Å². The van der Waals surface area contributed by atoms with Crippen LogP contribution in [-0.4, -0.2) is 39.7 Å². The number of imide groups is 1. The molecule has 35 heavy (non-hydrogen) atoms. The highest BCUT2D eigenvalue weighted by Crippen LogP contribution is 2.31. The van der Waals surface area contributed by atoms with Crippen LogP contribution in [0.15, 0.2) is 54.7 Å². The fourth-order valence-corrected chi connectivity index (χ4v) is 4.12. The number of anilines is 1. The third kappa shape index (κ3) is 5.40. The quantitative estimate of drug-likeness (QED) is 0.482. The molecule has 1 aliphatic rings. The van der Waals surface area contributed by atoms with Crippen LogP contribution in [0.2, 0.25) is 0 Å². The number of nitrogens with zero attached hydrogens (tertiary/aromatic N) is 4. The molecule has 1 aliphatic heterocycles. The molecule has 1 aromatic heterocycles. The maximum absolute atomic E-state index is 14.9. The van der Waals surface area contributed by atoms with Crippen molar-refractivity contribution in [3.05, 3.63) is 83.2 Å². The summed E-state index contributed by atoms with van der Waals surface area (Å²) in [4.78, 5) is 27.8. The van der Waals surface area contributed by atoms with Gasteiger partial charge >= 0.3 is 6.03 Å². The number of urea groups is 1. The average Bonchev–Trinajstić information content (AvgIpc) is 3.31. The van der Waals surface area contributed by atoms with E-state index >= 15 is 0 Å². The number of halogens is 2. The molecule has 3 aromatic rings. The van der Waals surface area contributed by atoms with Crippen molar-refractivity contribution >= 4 is 17.6 Å². The SMILES string of the molecule is CCn1ccc(CCCC2CC(=O)N(c3c(F)cc(C#Cc4ccccc4)cc3F)C(=O)N2C)n1. The standard InChI is InChI=1S/C27H26F2N4O2/c1-3-32-15-14-21(30-32)10-7-11-22-18-25(34)33(27(35)31(22)2)26-23(28)16-20(17-24(26)29)13-12-19-8-5-4-6-9-19/h4-6,8-9,14-17,22H,3,7,10-11,18H2,1-2H3. The zero-order valence-corrected chi connectivity index (χ0v) is 19.7. The molecule has 1 fully saturated rings. The Morgan fingerprint density at radius 2 is 1.71 bits per heavy atom. The molecule has 2 aromatic carbocycles. The van der Waals surface area contributed by atoms with E-state index in [2.05, 4.69) is 16.9 Å². The van der Waals surface area contributed by atoms with E-state index in [-0.39, 0.29) is 18.0 Å². The number of amides is 3. The van der Waals surface area contributed by atoms with E-state index in [1.54, 1.807) is 19.2 Å². The number of aromatic nitrogens is 2. The van der Waals surface area contributed by atoms with Crippen LogP contribution in [0.4, 0.5) is 19.3 Å². The normalized spacial score (nSPS) is 15.8. The molecule has 0 spiro atoms. The van der Waals surface area contributed by atoms with Gasteiger partial charge in [-0.15, -0.1) is 0 Å². The number of carbonyl (C=O) groups excluding carboxylic acids is 2. The Morgan fingerprint density at radius 3 is 2.37 bits per heavy atom. The summed E-state index contributed by atoms with van der Waals surface area (Å²) < 4.78 is 31.7. The highest BCUT2D eigenvalue weighted by atomic mass is 19.1. The van der Waals surface area contributed by atoms with Crippen LogP contribution in [0.1, 0.15) is 43.0 Å². The summed E-state index contributed by atoms with van der Waals surface area (Å²) in [7, 11) is 1.55. The lowest BCUT2D eigenvalue weighted by Crippen LogP contribution is -2.56. The van der Waals surface area contributed by atoms with Crippen molar-refractivity contribution in [1.82, 2.24) is 14.7 Å². The third-order valence-electron chi connectivity index (χ3n) is 6.06. The van der Waals surface area contributed by atoms with Gasteiger partial charge in [0.2, 0.25) is 5.91 Å². The van der Waals surface area contributed by atoms with Crippen molar-refractivity contribution in [2.24, 2.45) is 0 Å². The number of hydrogen-bond acceptors (Lipinski definition) is 3. The Balaban J connectivity index is 1.46. The molecule has 0 radical (unpaired) electrons. The van der Waals surface area contributed by atoms with Gasteiger partial charge in [0, 0.05) is 43.4 Å². The van der Waals surface area contributed by atoms with Gasteiger partial charge in [0.25, 0.3) is 0 Å². The summed E-state index contributed by atoms with van der Waals surface area (Å²) in [5.74, 6) is 2.90. The predicted octanol–water partition coefficient (Wildman–Crippen LogP) is 4.76. The van der Waals surface area contributed by atoms with Gasteiger partial charge in [-0.05, 0) is 56.5 Å². The largest absolute Gasteiger partial charge is 0.331 e. The van der Waals surface area contributed by atoms with Gasteiger partial charge in [0.05, 0.1) is 5.69 Å². The minimum Gasteiger partial charge on any atom is -0.324 e. The maximum Gasteiger partial charge on any atom is 0.331 e. The Bertz CT molecular complexity index is 1270. The molecule has 4 rings (SSSR count). The predicted molar refractivity (Wildman–Crippen MR) is 129 cm³/mol. The molecule has 2 heterocycles. The third-order valence-corrected chi connectivity index (χ3v) is 6.06. The first-order valence-corrected chi connectivity index (χ1v) is 11.6. The second-order valence-corrected chi connectivity index (χ2v) is 8.44. The first kappa shape index (κ1) is 24.1. The summed E-state index contributed by atoms with van der Waals surface area (Å²) in [6.45, 7) is 2.80. The van der Waals surface area contributed by atoms with Gasteiger partial charge in [0.15, 0.2) is 11.6 Å². The minimum absolute atomic E-state index is 0.0138. The van der Waals surface area contributed by atoms with Crippen molar-refractivity contribution < 1.29 is 18.4 Å². The summed E-state index contributed by atoms with van der Waals surface area (Å²) in [5.41, 5.74) is 1.09. The van der Waals surface area contributed by atoms with Crippen LogP contribution in [0, 0.1) is 23.5 Å². The first-order chi connectivity index (χ1) is 16.9. The molecule has 0 saturated carbocycles. The van der Waals surface area contributed by atoms with E-state index < -0.39 is 29.3 Å². The second-order valence-electron chi connectivity index (χ2n) is 8.44. The van der Waals surface area contributed by atoms with Crippen LogP contribution < -0.4 is 4.90 Å². The molecule has 1 unspecified atom stereocenters. The molecule has 0 N–H and O–H groups in total. The Morgan fingerprint density at radius 1 is 1.03 bits per heavy atom. The van der Waals surface area contributed by atoms with Gasteiger partial charge in [0.1, 0.15) is 5.69 Å². The van der Waals surface area contributed by atoms with Crippen molar-refractivity contribution in [3.8, 4) is 11.8 Å². The number of benzene rings is 2. The Hall–Kier alpha value is -3.99. The number of aryl methyl sites for hydroxylation is 2. The zero-order valence-electron chi connectivity index (χ0n) is 19.7. The van der Waals surface area contributed by atoms with E-state index in [1.165, 1.54) is 4.90 Å². The van der Waals surface area contributed by atoms with Crippen molar-refractivity contribution in [1.29, 1.82) is 0 Å². The number of hydrogen-bond donors (Lipinski definition) is 0. The monoisotopic (exact) mass is 476 g/mol. The summed E-state index contributed by atoms with van der Waals surface area (Å²) >= 11 is 0. The first-order valence-electron chi connectivity index (χ1n) is 11.6. The van der Waals surface area contributed by atoms with Gasteiger partial charge in [-0.25, -0.2) is 18.5 Å². The van der Waals surface area contributed by atoms with Gasteiger partial charge in [-0.3, -0.25) is 9.48 Å². The number of rotatable bonds is 6. The van der Waals surface area contributed by atoms with Crippen molar-refractivity contribution in [2.45, 2.75) is 45.2 Å². The topological polar surface area (TPSA) is 58.4 Å². The lowest BCUT2D eigenvalue weighted by Gasteiger charge is -2.38. The van der Waals surface area contributed by atoms with E-state index in [4.69, 9.17) is 0 Å². The molecule has 0 bridgehead atoms. The smallest absolute Gasteiger partial charge is 0.324 e. The van der Waals surface area contributed by atoms with Crippen LogP contribution in [0.25, 0.3) is 0 Å². The Kier molecular flexibility index (Phi) is 7.25. The van der Waals surface area contributed by atoms with Crippen molar-refractivity contribution in [2.75, 3.05) is 11.9 Å². The van der Waals surface area contributed by atoms with E-state index in [9.17, 15) is 18.4 Å². The van der Waals surface area contributed by atoms with Crippen LogP contribution in [0.5, 0.6) is 0 Å². The molecular formula is C27H26F2N4O2. The maximum atomic E-state index is 14.9. The van der Waals surface area contributed by atoms with Gasteiger partial charge in [-0.1, -0.05) is 30.0 Å². The fraction of sp³-hybridized carbons (Fsp3) is 0.296. The van der Waals surface area contributed by atoms with E-state index in [1.807, 2.05) is 42.1 Å². The van der Waals surface area contributed by atoms with Crippen molar-refractivity contribution in [3.63, 3.8) is 0 Å². The average molecular weight is 477 g/mol. The Labute approximate surface area is 203 Å². The minimum atomic E-state index is -1.01. The second kappa shape index (κ2) is 10.5. The lowest BCUT2D eigenvalue weighted by atomic mass is 10.0. The molecule has 1 atom stereocenters. The summed E-state index contributed by atoms with van der Waals surface area (Å²) in [5, 5.41) is 4.44. The van der Waals surface area contributed by atoms with E-state index in [0.717, 1.165) is 37.2 Å². The highest BCUT2D eigenvalue weighted by Gasteiger charge is 2.39. The van der Waals surface area contributed by atoms with Crippen LogP contribution in [-0.2, 0) is 17.8 Å². The zero-order chi connectivity index (χ0) is 24.9. The molecule has 0 aliphatic carbocycles. The van der Waals surface area contributed by atoms with Gasteiger partial charge in [-0.2, -0.15) is 5.10 Å². The fourth-order valence-electron chi connectivity index (χ4n) is 4.12. The molecule has 8 heteroatoms.